The van der Waals surface area contributed by atoms with Gasteiger partial charge in [-0.3, -0.25) is 4.68 Å². The Bertz CT molecular complexity index is 467. The van der Waals surface area contributed by atoms with Gasteiger partial charge in [0.05, 0.1) is 12.2 Å². The van der Waals surface area contributed by atoms with Crippen LogP contribution in [0.1, 0.15) is 11.3 Å². The molecule has 0 bridgehead atoms. The fourth-order valence-electron chi connectivity index (χ4n) is 1.68. The van der Waals surface area contributed by atoms with Crippen molar-refractivity contribution < 1.29 is 0 Å². The molecule has 4 nitrogen and oxygen atoms in total. The van der Waals surface area contributed by atoms with Crippen LogP contribution in [-0.4, -0.2) is 9.78 Å². The Morgan fingerprint density at radius 1 is 1.38 bits per heavy atom. The summed E-state index contributed by atoms with van der Waals surface area (Å²) >= 11 is 0. The van der Waals surface area contributed by atoms with Gasteiger partial charge in [0.15, 0.2) is 0 Å². The molecule has 1 aromatic heterocycles. The predicted octanol–water partition coefficient (Wildman–Crippen LogP) is 1.92. The Morgan fingerprint density at radius 3 is 2.81 bits per heavy atom. The predicted molar refractivity (Wildman–Crippen MR) is 66.1 cm³/mol. The number of benzene rings is 1. The van der Waals surface area contributed by atoms with Crippen molar-refractivity contribution in [2.24, 2.45) is 7.05 Å². The van der Waals surface area contributed by atoms with E-state index in [-0.39, 0.29) is 0 Å². The van der Waals surface area contributed by atoms with Crippen molar-refractivity contribution >= 4 is 11.4 Å². The van der Waals surface area contributed by atoms with Gasteiger partial charge in [0, 0.05) is 24.6 Å². The van der Waals surface area contributed by atoms with E-state index in [0.717, 1.165) is 29.2 Å². The first-order chi connectivity index (χ1) is 7.65. The summed E-state index contributed by atoms with van der Waals surface area (Å²) < 4.78 is 1.85. The van der Waals surface area contributed by atoms with Crippen molar-refractivity contribution in [3.63, 3.8) is 0 Å². The molecule has 0 aliphatic carbocycles. The maximum absolute atomic E-state index is 5.78. The molecule has 2 aromatic rings. The highest BCUT2D eigenvalue weighted by atomic mass is 15.3. The maximum Gasteiger partial charge on any atom is 0.0571 e. The summed E-state index contributed by atoms with van der Waals surface area (Å²) in [6, 6.07) is 7.96. The smallest absolute Gasteiger partial charge is 0.0571 e. The third-order valence-corrected chi connectivity index (χ3v) is 2.50. The molecule has 0 fully saturated rings. The normalized spacial score (nSPS) is 10.4. The summed E-state index contributed by atoms with van der Waals surface area (Å²) in [5.74, 6) is 0. The number of aryl methyl sites for hydroxylation is 2. The molecular weight excluding hydrogens is 200 g/mol. The molecule has 3 N–H and O–H groups in total. The van der Waals surface area contributed by atoms with Gasteiger partial charge in [0.2, 0.25) is 0 Å². The highest BCUT2D eigenvalue weighted by Gasteiger charge is 1.99. The van der Waals surface area contributed by atoms with Gasteiger partial charge in [0.25, 0.3) is 0 Å². The zero-order chi connectivity index (χ0) is 11.5. The van der Waals surface area contributed by atoms with Crippen molar-refractivity contribution in [3.8, 4) is 0 Å². The van der Waals surface area contributed by atoms with Crippen molar-refractivity contribution in [2.75, 3.05) is 11.1 Å². The maximum atomic E-state index is 5.78. The highest BCUT2D eigenvalue weighted by molar-refractivity contribution is 5.56. The fraction of sp³-hybridized carbons (Fsp3) is 0.250. The fourth-order valence-corrected chi connectivity index (χ4v) is 1.68. The minimum absolute atomic E-state index is 0.749. The monoisotopic (exact) mass is 216 g/mol. The van der Waals surface area contributed by atoms with E-state index < -0.39 is 0 Å². The van der Waals surface area contributed by atoms with Crippen LogP contribution in [0, 0.1) is 6.92 Å². The summed E-state index contributed by atoms with van der Waals surface area (Å²) in [7, 11) is 1.93. The van der Waals surface area contributed by atoms with Gasteiger partial charge in [-0.15, -0.1) is 0 Å². The van der Waals surface area contributed by atoms with Crippen molar-refractivity contribution in [1.82, 2.24) is 9.78 Å². The van der Waals surface area contributed by atoms with E-state index >= 15 is 0 Å². The first-order valence-corrected chi connectivity index (χ1v) is 5.23. The second kappa shape index (κ2) is 4.26. The lowest BCUT2D eigenvalue weighted by Crippen LogP contribution is -2.05. The van der Waals surface area contributed by atoms with Crippen LogP contribution in [0.3, 0.4) is 0 Å². The number of aromatic nitrogens is 2. The number of nitrogen functional groups attached to an aromatic ring is 1. The van der Waals surface area contributed by atoms with Crippen LogP contribution in [-0.2, 0) is 13.6 Å². The highest BCUT2D eigenvalue weighted by Crippen LogP contribution is 2.16. The summed E-state index contributed by atoms with van der Waals surface area (Å²) in [6.07, 6.45) is 1.79. The molecule has 0 saturated heterocycles. The van der Waals surface area contributed by atoms with Crippen LogP contribution in [0.15, 0.2) is 30.5 Å². The molecule has 1 heterocycles. The molecule has 0 unspecified atom stereocenters. The van der Waals surface area contributed by atoms with Crippen molar-refractivity contribution in [3.05, 3.63) is 41.7 Å². The van der Waals surface area contributed by atoms with Crippen LogP contribution < -0.4 is 11.1 Å². The van der Waals surface area contributed by atoms with Crippen molar-refractivity contribution in [2.45, 2.75) is 13.5 Å². The largest absolute Gasteiger partial charge is 0.399 e. The average Bonchev–Trinajstić information content (AvgIpc) is 2.59. The zero-order valence-corrected chi connectivity index (χ0v) is 9.57. The SMILES string of the molecule is Cc1cc(N)cc(NCc2ccnn2C)c1. The minimum Gasteiger partial charge on any atom is -0.399 e. The first kappa shape index (κ1) is 10.5. The molecular formula is C12H16N4. The second-order valence-electron chi connectivity index (χ2n) is 3.93. The number of nitrogens with zero attached hydrogens (tertiary/aromatic N) is 2. The van der Waals surface area contributed by atoms with E-state index in [1.807, 2.05) is 36.9 Å². The number of nitrogens with one attached hydrogen (secondary N) is 1. The molecule has 0 radical (unpaired) electrons. The lowest BCUT2D eigenvalue weighted by Gasteiger charge is -2.08. The molecule has 1 aromatic carbocycles. The average molecular weight is 216 g/mol. The Kier molecular flexibility index (Phi) is 2.81. The van der Waals surface area contributed by atoms with E-state index in [0.29, 0.717) is 0 Å². The van der Waals surface area contributed by atoms with E-state index in [9.17, 15) is 0 Å². The van der Waals surface area contributed by atoms with Gasteiger partial charge in [-0.2, -0.15) is 5.10 Å². The van der Waals surface area contributed by atoms with Gasteiger partial charge in [-0.05, 0) is 36.8 Å². The van der Waals surface area contributed by atoms with Gasteiger partial charge in [-0.25, -0.2) is 0 Å². The molecule has 0 saturated carbocycles. The van der Waals surface area contributed by atoms with E-state index in [1.54, 1.807) is 6.20 Å². The van der Waals surface area contributed by atoms with Crippen LogP contribution in [0.2, 0.25) is 0 Å². The van der Waals surface area contributed by atoms with Gasteiger partial charge >= 0.3 is 0 Å². The topological polar surface area (TPSA) is 55.9 Å². The summed E-state index contributed by atoms with van der Waals surface area (Å²) in [5, 5.41) is 7.44. The molecule has 2 rings (SSSR count). The molecule has 0 atom stereocenters. The first-order valence-electron chi connectivity index (χ1n) is 5.23. The number of rotatable bonds is 3. The Balaban J connectivity index is 2.07. The molecule has 0 amide bonds. The van der Waals surface area contributed by atoms with E-state index in [1.165, 1.54) is 0 Å². The molecule has 0 spiro atoms. The third-order valence-electron chi connectivity index (χ3n) is 2.50. The number of anilines is 2. The van der Waals surface area contributed by atoms with E-state index in [2.05, 4.69) is 16.5 Å². The summed E-state index contributed by atoms with van der Waals surface area (Å²) in [5.41, 5.74) is 9.90. The van der Waals surface area contributed by atoms with E-state index in [4.69, 9.17) is 5.73 Å². The standard InChI is InChI=1S/C12H16N4/c1-9-5-10(13)7-11(6-9)14-8-12-3-4-15-16(12)2/h3-7,14H,8,13H2,1-2H3. The summed E-state index contributed by atoms with van der Waals surface area (Å²) in [4.78, 5) is 0. The van der Waals surface area contributed by atoms with Gasteiger partial charge in [-0.1, -0.05) is 0 Å². The third kappa shape index (κ3) is 2.34. The zero-order valence-electron chi connectivity index (χ0n) is 9.57. The lowest BCUT2D eigenvalue weighted by atomic mass is 10.2. The van der Waals surface area contributed by atoms with Crippen LogP contribution >= 0.6 is 0 Å². The lowest BCUT2D eigenvalue weighted by molar-refractivity contribution is 0.720. The van der Waals surface area contributed by atoms with Gasteiger partial charge < -0.3 is 11.1 Å². The number of hydrogen-bond acceptors (Lipinski definition) is 3. The van der Waals surface area contributed by atoms with Gasteiger partial charge in [0.1, 0.15) is 0 Å². The molecule has 0 aliphatic heterocycles. The van der Waals surface area contributed by atoms with Crippen molar-refractivity contribution in [1.29, 1.82) is 0 Å². The molecule has 16 heavy (non-hydrogen) atoms. The van der Waals surface area contributed by atoms with Crippen LogP contribution in [0.4, 0.5) is 11.4 Å². The quantitative estimate of drug-likeness (QED) is 0.771. The number of hydrogen-bond donors (Lipinski definition) is 2. The molecule has 4 heteroatoms. The molecule has 0 aliphatic rings. The Morgan fingerprint density at radius 2 is 2.19 bits per heavy atom. The van der Waals surface area contributed by atoms with Crippen LogP contribution in [0.5, 0.6) is 0 Å². The minimum atomic E-state index is 0.749. The Hall–Kier alpha value is -1.97. The van der Waals surface area contributed by atoms with Crippen LogP contribution in [0.25, 0.3) is 0 Å². The number of nitrogens with two attached hydrogens (primary N) is 1. The second-order valence-corrected chi connectivity index (χ2v) is 3.93. The Labute approximate surface area is 95.1 Å². The summed E-state index contributed by atoms with van der Waals surface area (Å²) in [6.45, 7) is 2.78. The molecule has 84 valence electrons.